The molecule has 0 aliphatic rings. The third-order valence-electron chi connectivity index (χ3n) is 6.79. The van der Waals surface area contributed by atoms with E-state index in [1.807, 2.05) is 60.2 Å². The highest BCUT2D eigenvalue weighted by Crippen LogP contribution is 2.26. The van der Waals surface area contributed by atoms with Gasteiger partial charge in [0.15, 0.2) is 0 Å². The average molecular weight is 490 g/mol. The van der Waals surface area contributed by atoms with Gasteiger partial charge in [0.2, 0.25) is 0 Å². The summed E-state index contributed by atoms with van der Waals surface area (Å²) >= 11 is 0. The average Bonchev–Trinajstić information content (AvgIpc) is 3.39. The summed E-state index contributed by atoms with van der Waals surface area (Å²) in [6.07, 6.45) is 3.57. The standard InChI is InChI=1S/C31H31N5O/c1-4-7-28-35-20(2)29(24-14-15-27-23(18-24)16-17-34-27)31(37)36(28)19-21-10-12-22(13-11-21)25-8-5-6-9-26(25)30(32)33-3/h5-6,8-18,34H,4,7,19H2,1-3H3,(H2,32,33). The number of benzene rings is 3. The van der Waals surface area contributed by atoms with Gasteiger partial charge in [-0.15, -0.1) is 0 Å². The van der Waals surface area contributed by atoms with Crippen LogP contribution in [0.5, 0.6) is 0 Å². The molecule has 3 N–H and O–H groups in total. The van der Waals surface area contributed by atoms with Gasteiger partial charge in [-0.2, -0.15) is 0 Å². The molecular weight excluding hydrogens is 458 g/mol. The maximum Gasteiger partial charge on any atom is 0.261 e. The zero-order valence-corrected chi connectivity index (χ0v) is 21.5. The van der Waals surface area contributed by atoms with Gasteiger partial charge in [0.25, 0.3) is 5.56 Å². The molecule has 0 aliphatic carbocycles. The highest BCUT2D eigenvalue weighted by Gasteiger charge is 2.17. The number of aromatic amines is 1. The molecule has 0 fully saturated rings. The van der Waals surface area contributed by atoms with Crippen LogP contribution in [-0.2, 0) is 13.0 Å². The maximum atomic E-state index is 13.9. The van der Waals surface area contributed by atoms with E-state index >= 15 is 0 Å². The smallest absolute Gasteiger partial charge is 0.261 e. The first-order valence-corrected chi connectivity index (χ1v) is 12.6. The molecule has 0 saturated heterocycles. The first kappa shape index (κ1) is 24.3. The molecule has 3 aromatic carbocycles. The Morgan fingerprint density at radius 2 is 1.78 bits per heavy atom. The largest absolute Gasteiger partial charge is 0.383 e. The predicted octanol–water partition coefficient (Wildman–Crippen LogP) is 5.70. The summed E-state index contributed by atoms with van der Waals surface area (Å²) in [5, 5.41) is 1.07. The molecule has 0 unspecified atom stereocenters. The number of aryl methyl sites for hydroxylation is 2. The minimum Gasteiger partial charge on any atom is -0.383 e. The van der Waals surface area contributed by atoms with Gasteiger partial charge >= 0.3 is 0 Å². The lowest BCUT2D eigenvalue weighted by Gasteiger charge is -2.16. The zero-order valence-electron chi connectivity index (χ0n) is 21.5. The van der Waals surface area contributed by atoms with Gasteiger partial charge in [0, 0.05) is 30.7 Å². The molecule has 0 bridgehead atoms. The third-order valence-corrected chi connectivity index (χ3v) is 6.79. The maximum absolute atomic E-state index is 13.9. The fourth-order valence-corrected chi connectivity index (χ4v) is 4.89. The van der Waals surface area contributed by atoms with E-state index in [1.165, 1.54) is 0 Å². The van der Waals surface area contributed by atoms with E-state index < -0.39 is 0 Å². The lowest BCUT2D eigenvalue weighted by atomic mass is 9.98. The Balaban J connectivity index is 1.54. The Hall–Kier alpha value is -4.45. The molecule has 2 aromatic heterocycles. The van der Waals surface area contributed by atoms with E-state index in [2.05, 4.69) is 47.2 Å². The molecule has 6 nitrogen and oxygen atoms in total. The molecule has 5 aromatic rings. The van der Waals surface area contributed by atoms with Gasteiger partial charge in [0.1, 0.15) is 11.7 Å². The molecule has 5 rings (SSSR count). The number of nitrogens with two attached hydrogens (primary N) is 1. The van der Waals surface area contributed by atoms with E-state index in [0.717, 1.165) is 63.1 Å². The molecule has 186 valence electrons. The van der Waals surface area contributed by atoms with Crippen LogP contribution in [-0.4, -0.2) is 27.4 Å². The fourth-order valence-electron chi connectivity index (χ4n) is 4.89. The molecule has 6 heteroatoms. The number of rotatable bonds is 7. The van der Waals surface area contributed by atoms with Crippen LogP contribution < -0.4 is 11.3 Å². The van der Waals surface area contributed by atoms with Gasteiger partial charge in [-0.3, -0.25) is 14.4 Å². The fraction of sp³-hybridized carbons (Fsp3) is 0.194. The van der Waals surface area contributed by atoms with Crippen LogP contribution in [0.1, 0.15) is 36.0 Å². The molecule has 0 atom stereocenters. The molecule has 0 radical (unpaired) electrons. The molecule has 0 amide bonds. The van der Waals surface area contributed by atoms with Crippen molar-refractivity contribution in [1.82, 2.24) is 14.5 Å². The number of hydrogen-bond donors (Lipinski definition) is 2. The minimum absolute atomic E-state index is 0.00723. The number of aliphatic imine (C=N–C) groups is 1. The van der Waals surface area contributed by atoms with Crippen molar-refractivity contribution in [2.45, 2.75) is 33.2 Å². The number of fused-ring (bicyclic) bond motifs is 1. The number of nitrogens with zero attached hydrogens (tertiary/aromatic N) is 3. The Labute approximate surface area is 216 Å². The molecule has 0 aliphatic heterocycles. The second kappa shape index (κ2) is 10.3. The summed E-state index contributed by atoms with van der Waals surface area (Å²) in [6, 6.07) is 24.3. The number of H-pyrrole nitrogens is 1. The highest BCUT2D eigenvalue weighted by molar-refractivity contribution is 6.03. The number of amidine groups is 1. The van der Waals surface area contributed by atoms with Crippen molar-refractivity contribution in [3.05, 3.63) is 112 Å². The Kier molecular flexibility index (Phi) is 6.73. The highest BCUT2D eigenvalue weighted by atomic mass is 16.1. The Morgan fingerprint density at radius 1 is 1.03 bits per heavy atom. The van der Waals surface area contributed by atoms with Gasteiger partial charge in [-0.05, 0) is 59.2 Å². The SMILES string of the molecule is CCCc1nc(C)c(-c2ccc3[nH]ccc3c2)c(=O)n1Cc1ccc(-c2ccccc2C(N)=NC)cc1. The van der Waals surface area contributed by atoms with Crippen LogP contribution >= 0.6 is 0 Å². The number of aromatic nitrogens is 3. The summed E-state index contributed by atoms with van der Waals surface area (Å²) in [7, 11) is 1.70. The van der Waals surface area contributed by atoms with Crippen molar-refractivity contribution in [1.29, 1.82) is 0 Å². The van der Waals surface area contributed by atoms with Crippen LogP contribution in [0.25, 0.3) is 33.2 Å². The Morgan fingerprint density at radius 3 is 2.54 bits per heavy atom. The second-order valence-corrected chi connectivity index (χ2v) is 9.26. The summed E-state index contributed by atoms with van der Waals surface area (Å²) in [5.74, 6) is 1.32. The van der Waals surface area contributed by atoms with Crippen molar-refractivity contribution < 1.29 is 0 Å². The number of nitrogens with one attached hydrogen (secondary N) is 1. The molecular formula is C31H31N5O. The predicted molar refractivity (Wildman–Crippen MR) is 152 cm³/mol. The van der Waals surface area contributed by atoms with Crippen molar-refractivity contribution in [2.75, 3.05) is 7.05 Å². The van der Waals surface area contributed by atoms with Crippen LogP contribution in [0.4, 0.5) is 0 Å². The van der Waals surface area contributed by atoms with Gasteiger partial charge in [0.05, 0.1) is 17.8 Å². The van der Waals surface area contributed by atoms with Crippen LogP contribution in [0.15, 0.2) is 88.8 Å². The van der Waals surface area contributed by atoms with Crippen LogP contribution in [0, 0.1) is 6.92 Å². The number of hydrogen-bond acceptors (Lipinski definition) is 3. The van der Waals surface area contributed by atoms with E-state index in [9.17, 15) is 4.79 Å². The van der Waals surface area contributed by atoms with E-state index in [4.69, 9.17) is 10.7 Å². The molecule has 0 spiro atoms. The molecule has 37 heavy (non-hydrogen) atoms. The lowest BCUT2D eigenvalue weighted by molar-refractivity contribution is 0.651. The first-order chi connectivity index (χ1) is 18.0. The minimum atomic E-state index is -0.00723. The molecule has 0 saturated carbocycles. The summed E-state index contributed by atoms with van der Waals surface area (Å²) < 4.78 is 1.83. The van der Waals surface area contributed by atoms with E-state index in [-0.39, 0.29) is 5.56 Å². The van der Waals surface area contributed by atoms with Crippen molar-refractivity contribution in [2.24, 2.45) is 10.7 Å². The van der Waals surface area contributed by atoms with E-state index in [1.54, 1.807) is 7.05 Å². The summed E-state index contributed by atoms with van der Waals surface area (Å²) in [5.41, 5.74) is 13.5. The topological polar surface area (TPSA) is 89.1 Å². The van der Waals surface area contributed by atoms with Gasteiger partial charge < -0.3 is 10.7 Å². The van der Waals surface area contributed by atoms with Crippen LogP contribution in [0.2, 0.25) is 0 Å². The van der Waals surface area contributed by atoms with Gasteiger partial charge in [-0.25, -0.2) is 4.98 Å². The van der Waals surface area contributed by atoms with Gasteiger partial charge in [-0.1, -0.05) is 61.5 Å². The Bertz CT molecular complexity index is 1660. The second-order valence-electron chi connectivity index (χ2n) is 9.26. The lowest BCUT2D eigenvalue weighted by Crippen LogP contribution is -2.28. The summed E-state index contributed by atoms with van der Waals surface area (Å²) in [4.78, 5) is 26.2. The molecule has 2 heterocycles. The monoisotopic (exact) mass is 489 g/mol. The zero-order chi connectivity index (χ0) is 25.9. The van der Waals surface area contributed by atoms with Crippen LogP contribution in [0.3, 0.4) is 0 Å². The summed E-state index contributed by atoms with van der Waals surface area (Å²) in [6.45, 7) is 4.50. The van der Waals surface area contributed by atoms with Crippen molar-refractivity contribution in [3.63, 3.8) is 0 Å². The van der Waals surface area contributed by atoms with Crippen molar-refractivity contribution >= 4 is 16.7 Å². The van der Waals surface area contributed by atoms with Crippen molar-refractivity contribution in [3.8, 4) is 22.3 Å². The third kappa shape index (κ3) is 4.70. The first-order valence-electron chi connectivity index (χ1n) is 12.6. The van der Waals surface area contributed by atoms with E-state index in [0.29, 0.717) is 17.9 Å². The normalized spacial score (nSPS) is 11.8. The quantitative estimate of drug-likeness (QED) is 0.227.